The van der Waals surface area contributed by atoms with Crippen molar-refractivity contribution >= 4 is 17.9 Å². The topological polar surface area (TPSA) is 70.5 Å². The minimum absolute atomic E-state index is 0.0228. The van der Waals surface area contributed by atoms with Crippen LogP contribution >= 0.6 is 0 Å². The Labute approximate surface area is 145 Å². The van der Waals surface area contributed by atoms with Crippen molar-refractivity contribution in [3.8, 4) is 0 Å². The molecule has 1 atom stereocenters. The van der Waals surface area contributed by atoms with Crippen molar-refractivity contribution in [2.75, 3.05) is 6.54 Å². The summed E-state index contributed by atoms with van der Waals surface area (Å²) in [5.41, 5.74) is 3.92. The fourth-order valence-corrected chi connectivity index (χ4v) is 3.41. The third-order valence-electron chi connectivity index (χ3n) is 4.68. The average Bonchev–Trinajstić information content (AvgIpc) is 2.87. The number of β-amino-alcohol motifs (C(OH)–C–C–N with tert-alkyl or cyclic N) is 1. The van der Waals surface area contributed by atoms with E-state index in [0.29, 0.717) is 17.5 Å². The van der Waals surface area contributed by atoms with E-state index in [9.17, 15) is 14.7 Å². The van der Waals surface area contributed by atoms with Crippen LogP contribution in [0.3, 0.4) is 0 Å². The van der Waals surface area contributed by atoms with E-state index in [1.165, 1.54) is 5.56 Å². The van der Waals surface area contributed by atoms with E-state index in [-0.39, 0.29) is 18.4 Å². The number of amides is 2. The largest absolute Gasteiger partial charge is 0.391 e. The number of hydrogen-bond donors (Lipinski definition) is 1. The predicted molar refractivity (Wildman–Crippen MR) is 93.1 cm³/mol. The number of aliphatic hydroxyl groups is 1. The first-order valence-corrected chi connectivity index (χ1v) is 8.41. The second kappa shape index (κ2) is 6.26. The summed E-state index contributed by atoms with van der Waals surface area (Å²) in [5, 5.41) is 10.4. The number of aryl methyl sites for hydroxylation is 1. The number of nitrogens with zero attached hydrogens (tertiary/aromatic N) is 2. The highest BCUT2D eigenvalue weighted by atomic mass is 16.3. The summed E-state index contributed by atoms with van der Waals surface area (Å²) < 4.78 is 0. The van der Waals surface area contributed by atoms with Gasteiger partial charge in [0.1, 0.15) is 0 Å². The molecular formula is C20H18N2O3. The van der Waals surface area contributed by atoms with Gasteiger partial charge in [-0.2, -0.15) is 0 Å². The van der Waals surface area contributed by atoms with Crippen molar-refractivity contribution in [1.29, 1.82) is 0 Å². The van der Waals surface area contributed by atoms with E-state index < -0.39 is 6.10 Å². The zero-order valence-corrected chi connectivity index (χ0v) is 13.7. The molecule has 25 heavy (non-hydrogen) atoms. The quantitative estimate of drug-likeness (QED) is 0.871. The summed E-state index contributed by atoms with van der Waals surface area (Å²) in [6, 6.07) is 8.75. The molecule has 0 bridgehead atoms. The highest BCUT2D eigenvalue weighted by Crippen LogP contribution is 2.23. The zero-order chi connectivity index (χ0) is 17.4. The number of rotatable bonds is 4. The van der Waals surface area contributed by atoms with Crippen LogP contribution in [-0.2, 0) is 12.8 Å². The third-order valence-corrected chi connectivity index (χ3v) is 4.68. The molecule has 5 nitrogen and oxygen atoms in total. The van der Waals surface area contributed by atoms with E-state index in [4.69, 9.17) is 0 Å². The number of imide groups is 1. The van der Waals surface area contributed by atoms with Crippen LogP contribution in [0.1, 0.15) is 44.0 Å². The van der Waals surface area contributed by atoms with Crippen molar-refractivity contribution in [3.05, 3.63) is 70.6 Å². The molecule has 1 aromatic carbocycles. The van der Waals surface area contributed by atoms with Gasteiger partial charge in [-0.1, -0.05) is 24.3 Å². The van der Waals surface area contributed by atoms with Gasteiger partial charge in [0.05, 0.1) is 23.8 Å². The fraction of sp³-hybridized carbons (Fsp3) is 0.250. The van der Waals surface area contributed by atoms with Gasteiger partial charge in [-0.05, 0) is 42.2 Å². The lowest BCUT2D eigenvalue weighted by molar-refractivity contribution is 0.0543. The molecule has 126 valence electrons. The second-order valence-electron chi connectivity index (χ2n) is 6.44. The lowest BCUT2D eigenvalue weighted by atomic mass is 9.98. The number of fused-ring (bicyclic) bond motifs is 2. The molecule has 2 amide bonds. The molecule has 2 heterocycles. The molecule has 0 saturated heterocycles. The van der Waals surface area contributed by atoms with Gasteiger partial charge < -0.3 is 5.11 Å². The number of carbonyl (C=O) groups excluding carboxylic acids is 2. The maximum atomic E-state index is 12.4. The highest BCUT2D eigenvalue weighted by molar-refractivity contribution is 6.21. The van der Waals surface area contributed by atoms with Crippen molar-refractivity contribution in [2.24, 2.45) is 0 Å². The molecule has 4 rings (SSSR count). The van der Waals surface area contributed by atoms with Crippen molar-refractivity contribution in [3.63, 3.8) is 0 Å². The van der Waals surface area contributed by atoms with Gasteiger partial charge in [-0.15, -0.1) is 0 Å². The molecule has 1 unspecified atom stereocenters. The van der Waals surface area contributed by atoms with Crippen LogP contribution in [0.4, 0.5) is 0 Å². The third kappa shape index (κ3) is 2.87. The van der Waals surface area contributed by atoms with Crippen molar-refractivity contribution in [2.45, 2.75) is 25.4 Å². The molecule has 1 aromatic heterocycles. The second-order valence-corrected chi connectivity index (χ2v) is 6.44. The Kier molecular flexibility index (Phi) is 3.93. The Morgan fingerprint density at radius 1 is 1.16 bits per heavy atom. The summed E-state index contributed by atoms with van der Waals surface area (Å²) in [5.74, 6) is -0.689. The maximum absolute atomic E-state index is 12.4. The molecular weight excluding hydrogens is 316 g/mol. The fourth-order valence-electron chi connectivity index (χ4n) is 3.41. The first-order valence-electron chi connectivity index (χ1n) is 8.41. The Bertz CT molecular complexity index is 853. The normalized spacial score (nSPS) is 16.8. The summed E-state index contributed by atoms with van der Waals surface area (Å²) in [6.07, 6.45) is 7.45. The van der Waals surface area contributed by atoms with E-state index in [2.05, 4.69) is 17.1 Å². The minimum Gasteiger partial charge on any atom is -0.391 e. The van der Waals surface area contributed by atoms with Crippen LogP contribution in [0, 0.1) is 0 Å². The van der Waals surface area contributed by atoms with Crippen molar-refractivity contribution < 1.29 is 14.7 Å². The molecule has 2 aliphatic rings. The van der Waals surface area contributed by atoms with Gasteiger partial charge in [-0.25, -0.2) is 0 Å². The van der Waals surface area contributed by atoms with Crippen LogP contribution in [0.15, 0.2) is 42.6 Å². The summed E-state index contributed by atoms with van der Waals surface area (Å²) in [6.45, 7) is -0.0228. The Hall–Kier alpha value is -2.79. The van der Waals surface area contributed by atoms with Crippen LogP contribution in [-0.4, -0.2) is 39.5 Å². The summed E-state index contributed by atoms with van der Waals surface area (Å²) in [7, 11) is 0. The Balaban J connectivity index is 1.46. The molecule has 2 aromatic rings. The molecule has 0 fully saturated rings. The Morgan fingerprint density at radius 3 is 2.60 bits per heavy atom. The maximum Gasteiger partial charge on any atom is 0.261 e. The smallest absolute Gasteiger partial charge is 0.261 e. The molecule has 0 saturated carbocycles. The minimum atomic E-state index is -0.841. The molecule has 1 aliphatic heterocycles. The molecule has 5 heteroatoms. The van der Waals surface area contributed by atoms with Gasteiger partial charge in [-0.3, -0.25) is 19.5 Å². The van der Waals surface area contributed by atoms with Crippen LogP contribution < -0.4 is 0 Å². The zero-order valence-electron chi connectivity index (χ0n) is 13.7. The van der Waals surface area contributed by atoms with Gasteiger partial charge in [0.2, 0.25) is 0 Å². The highest BCUT2D eigenvalue weighted by Gasteiger charge is 2.36. The van der Waals surface area contributed by atoms with Gasteiger partial charge in [0.25, 0.3) is 11.8 Å². The first kappa shape index (κ1) is 15.7. The summed E-state index contributed by atoms with van der Waals surface area (Å²) in [4.78, 5) is 30.2. The molecule has 0 spiro atoms. The monoisotopic (exact) mass is 334 g/mol. The average molecular weight is 334 g/mol. The number of aromatic nitrogens is 1. The lowest BCUT2D eigenvalue weighted by Crippen LogP contribution is -2.37. The number of hydrogen-bond acceptors (Lipinski definition) is 4. The standard InChI is InChI=1S/C20H18N2O3/c23-16(10-15-9-13-5-1-2-6-14(13)11-21-15)12-22-19(24)17-7-3-4-8-18(17)20(22)25/h2-4,6-9,11,16,23H,1,5,10,12H2. The van der Waals surface area contributed by atoms with Crippen molar-refractivity contribution in [1.82, 2.24) is 9.88 Å². The molecule has 1 aliphatic carbocycles. The number of carbonyl (C=O) groups is 2. The van der Waals surface area contributed by atoms with Crippen LogP contribution in [0.5, 0.6) is 0 Å². The van der Waals surface area contributed by atoms with E-state index in [1.54, 1.807) is 24.3 Å². The van der Waals surface area contributed by atoms with E-state index in [1.807, 2.05) is 12.3 Å². The van der Waals surface area contributed by atoms with E-state index in [0.717, 1.165) is 29.0 Å². The van der Waals surface area contributed by atoms with E-state index >= 15 is 0 Å². The number of benzene rings is 1. The predicted octanol–water partition coefficient (Wildman–Crippen LogP) is 2.24. The van der Waals surface area contributed by atoms with Gasteiger partial charge in [0.15, 0.2) is 0 Å². The number of pyridine rings is 1. The first-order chi connectivity index (χ1) is 12.1. The number of allylic oxidation sites excluding steroid dienone is 1. The van der Waals surface area contributed by atoms with Gasteiger partial charge >= 0.3 is 0 Å². The summed E-state index contributed by atoms with van der Waals surface area (Å²) >= 11 is 0. The van der Waals surface area contributed by atoms with Crippen LogP contribution in [0.2, 0.25) is 0 Å². The number of aliphatic hydroxyl groups excluding tert-OH is 1. The lowest BCUT2D eigenvalue weighted by Gasteiger charge is -2.19. The SMILES string of the molecule is O=C1c2ccccc2C(=O)N1CC(O)Cc1cc2c(cn1)C=CCC2. The molecule has 0 radical (unpaired) electrons. The van der Waals surface area contributed by atoms with Crippen LogP contribution in [0.25, 0.3) is 6.08 Å². The van der Waals surface area contributed by atoms with Gasteiger partial charge in [0, 0.05) is 18.3 Å². The Morgan fingerprint density at radius 2 is 1.88 bits per heavy atom. The molecule has 1 N–H and O–H groups in total.